The Balaban J connectivity index is 1.69. The standard InChI is InChI=1S/C18H21N3O4/c1-23-15-8-4-3-7-14(15)17(22)21-11-5-6-13(12-21)25-16-9-10-19-18(20-16)24-2/h3-4,7-10,13H,5-6,11-12H2,1-2H3. The lowest BCUT2D eigenvalue weighted by molar-refractivity contribution is 0.0523. The van der Waals surface area contributed by atoms with Gasteiger partial charge in [-0.15, -0.1) is 0 Å². The number of para-hydroxylation sites is 1. The molecule has 1 aromatic heterocycles. The summed E-state index contributed by atoms with van der Waals surface area (Å²) in [6, 6.07) is 9.19. The molecule has 2 heterocycles. The van der Waals surface area contributed by atoms with E-state index in [-0.39, 0.29) is 18.0 Å². The molecule has 132 valence electrons. The number of hydrogen-bond donors (Lipinski definition) is 0. The number of nitrogens with zero attached hydrogens (tertiary/aromatic N) is 3. The Kier molecular flexibility index (Phi) is 5.33. The molecule has 0 aliphatic carbocycles. The predicted molar refractivity (Wildman–Crippen MR) is 91.1 cm³/mol. The summed E-state index contributed by atoms with van der Waals surface area (Å²) >= 11 is 0. The Bertz CT molecular complexity index is 738. The molecule has 0 radical (unpaired) electrons. The summed E-state index contributed by atoms with van der Waals surface area (Å²) in [5.41, 5.74) is 0.564. The van der Waals surface area contributed by atoms with E-state index in [1.165, 1.54) is 7.11 Å². The van der Waals surface area contributed by atoms with Crippen molar-refractivity contribution < 1.29 is 19.0 Å². The average Bonchev–Trinajstić information content (AvgIpc) is 2.67. The minimum absolute atomic E-state index is 0.0500. The Morgan fingerprint density at radius 3 is 2.84 bits per heavy atom. The molecule has 1 saturated heterocycles. The number of piperidine rings is 1. The Morgan fingerprint density at radius 1 is 1.20 bits per heavy atom. The van der Waals surface area contributed by atoms with Crippen LogP contribution < -0.4 is 14.2 Å². The van der Waals surface area contributed by atoms with E-state index in [2.05, 4.69) is 9.97 Å². The number of carbonyl (C=O) groups excluding carboxylic acids is 1. The number of carbonyl (C=O) groups is 1. The second-order valence-electron chi connectivity index (χ2n) is 5.72. The maximum atomic E-state index is 12.8. The summed E-state index contributed by atoms with van der Waals surface area (Å²) in [5, 5.41) is 0. The fourth-order valence-electron chi connectivity index (χ4n) is 2.87. The molecule has 0 spiro atoms. The first-order valence-corrected chi connectivity index (χ1v) is 8.17. The van der Waals surface area contributed by atoms with Gasteiger partial charge in [-0.3, -0.25) is 4.79 Å². The third-order valence-corrected chi connectivity index (χ3v) is 4.08. The van der Waals surface area contributed by atoms with Crippen molar-refractivity contribution in [1.29, 1.82) is 0 Å². The van der Waals surface area contributed by atoms with E-state index in [9.17, 15) is 4.79 Å². The molecule has 1 aliphatic rings. The van der Waals surface area contributed by atoms with Crippen molar-refractivity contribution in [3.05, 3.63) is 42.1 Å². The zero-order chi connectivity index (χ0) is 17.6. The molecule has 7 heteroatoms. The number of hydrogen-bond acceptors (Lipinski definition) is 6. The number of benzene rings is 1. The van der Waals surface area contributed by atoms with Gasteiger partial charge in [-0.25, -0.2) is 4.98 Å². The Morgan fingerprint density at radius 2 is 2.04 bits per heavy atom. The molecule has 0 bridgehead atoms. The monoisotopic (exact) mass is 343 g/mol. The molecule has 2 aromatic rings. The largest absolute Gasteiger partial charge is 0.496 e. The van der Waals surface area contributed by atoms with Gasteiger partial charge in [0.25, 0.3) is 5.91 Å². The van der Waals surface area contributed by atoms with Crippen molar-refractivity contribution in [2.24, 2.45) is 0 Å². The highest BCUT2D eigenvalue weighted by molar-refractivity contribution is 5.97. The fourth-order valence-corrected chi connectivity index (χ4v) is 2.87. The normalized spacial score (nSPS) is 17.0. The highest BCUT2D eigenvalue weighted by Gasteiger charge is 2.27. The Labute approximate surface area is 146 Å². The smallest absolute Gasteiger partial charge is 0.319 e. The van der Waals surface area contributed by atoms with Crippen LogP contribution in [0.15, 0.2) is 36.5 Å². The number of likely N-dealkylation sites (tertiary alicyclic amines) is 1. The molecular weight excluding hydrogens is 322 g/mol. The summed E-state index contributed by atoms with van der Waals surface area (Å²) in [6.07, 6.45) is 3.20. The van der Waals surface area contributed by atoms with Crippen molar-refractivity contribution in [2.75, 3.05) is 27.3 Å². The highest BCUT2D eigenvalue weighted by atomic mass is 16.5. The number of methoxy groups -OCH3 is 2. The minimum Gasteiger partial charge on any atom is -0.496 e. The van der Waals surface area contributed by atoms with Crippen LogP contribution in [0.3, 0.4) is 0 Å². The first-order chi connectivity index (χ1) is 12.2. The number of amides is 1. The van der Waals surface area contributed by atoms with Gasteiger partial charge in [0.1, 0.15) is 11.9 Å². The third-order valence-electron chi connectivity index (χ3n) is 4.08. The molecule has 1 fully saturated rings. The van der Waals surface area contributed by atoms with Crippen molar-refractivity contribution in [3.8, 4) is 17.6 Å². The van der Waals surface area contributed by atoms with E-state index in [4.69, 9.17) is 14.2 Å². The van der Waals surface area contributed by atoms with Crippen molar-refractivity contribution >= 4 is 5.91 Å². The molecule has 1 unspecified atom stereocenters. The summed E-state index contributed by atoms with van der Waals surface area (Å²) in [5.74, 6) is 0.977. The molecule has 0 saturated carbocycles. The lowest BCUT2D eigenvalue weighted by atomic mass is 10.1. The minimum atomic E-state index is -0.119. The third kappa shape index (κ3) is 3.99. The second kappa shape index (κ2) is 7.83. The lowest BCUT2D eigenvalue weighted by Crippen LogP contribution is -2.44. The van der Waals surface area contributed by atoms with E-state index in [1.807, 2.05) is 12.1 Å². The van der Waals surface area contributed by atoms with Gasteiger partial charge in [-0.1, -0.05) is 12.1 Å². The van der Waals surface area contributed by atoms with Gasteiger partial charge in [0.15, 0.2) is 0 Å². The van der Waals surface area contributed by atoms with Crippen LogP contribution in [0.5, 0.6) is 17.6 Å². The molecule has 3 rings (SSSR count). The summed E-state index contributed by atoms with van der Waals surface area (Å²) in [4.78, 5) is 22.7. The first kappa shape index (κ1) is 17.0. The fraction of sp³-hybridized carbons (Fsp3) is 0.389. The van der Waals surface area contributed by atoms with Crippen molar-refractivity contribution in [1.82, 2.24) is 14.9 Å². The molecule has 1 aliphatic heterocycles. The van der Waals surface area contributed by atoms with E-state index < -0.39 is 0 Å². The molecular formula is C18H21N3O4. The topological polar surface area (TPSA) is 73.8 Å². The molecule has 1 amide bonds. The molecule has 1 atom stereocenters. The van der Waals surface area contributed by atoms with E-state index >= 15 is 0 Å². The first-order valence-electron chi connectivity index (χ1n) is 8.17. The van der Waals surface area contributed by atoms with E-state index in [0.29, 0.717) is 30.3 Å². The average molecular weight is 343 g/mol. The van der Waals surface area contributed by atoms with Crippen molar-refractivity contribution in [3.63, 3.8) is 0 Å². The Hall–Kier alpha value is -2.83. The van der Waals surface area contributed by atoms with Gasteiger partial charge in [-0.05, 0) is 25.0 Å². The SMILES string of the molecule is COc1nccc(OC2CCCN(C(=O)c3ccccc3OC)C2)n1. The lowest BCUT2D eigenvalue weighted by Gasteiger charge is -2.32. The number of aromatic nitrogens is 2. The van der Waals surface area contributed by atoms with Crippen molar-refractivity contribution in [2.45, 2.75) is 18.9 Å². The maximum Gasteiger partial charge on any atom is 0.319 e. The van der Waals surface area contributed by atoms with Gasteiger partial charge in [0.2, 0.25) is 5.88 Å². The summed E-state index contributed by atoms with van der Waals surface area (Å²) in [7, 11) is 3.07. The van der Waals surface area contributed by atoms with Crippen LogP contribution in [0.4, 0.5) is 0 Å². The highest BCUT2D eigenvalue weighted by Crippen LogP contribution is 2.23. The van der Waals surface area contributed by atoms with Crippen LogP contribution in [0, 0.1) is 0 Å². The van der Waals surface area contributed by atoms with Gasteiger partial charge in [0, 0.05) is 18.8 Å². The van der Waals surface area contributed by atoms with E-state index in [1.54, 1.807) is 36.4 Å². The van der Waals surface area contributed by atoms with Gasteiger partial charge in [-0.2, -0.15) is 4.98 Å². The van der Waals surface area contributed by atoms with Crippen LogP contribution in [-0.2, 0) is 0 Å². The van der Waals surface area contributed by atoms with Crippen LogP contribution in [0.1, 0.15) is 23.2 Å². The maximum absolute atomic E-state index is 12.8. The van der Waals surface area contributed by atoms with Crippen LogP contribution in [0.2, 0.25) is 0 Å². The van der Waals surface area contributed by atoms with Crippen LogP contribution in [0.25, 0.3) is 0 Å². The second-order valence-corrected chi connectivity index (χ2v) is 5.72. The summed E-state index contributed by atoms with van der Waals surface area (Å²) in [6.45, 7) is 1.20. The molecule has 1 aromatic carbocycles. The van der Waals surface area contributed by atoms with Gasteiger partial charge in [0.05, 0.1) is 26.3 Å². The molecule has 0 N–H and O–H groups in total. The van der Waals surface area contributed by atoms with Crippen LogP contribution >= 0.6 is 0 Å². The zero-order valence-electron chi connectivity index (χ0n) is 14.3. The number of rotatable bonds is 5. The molecule has 25 heavy (non-hydrogen) atoms. The van der Waals surface area contributed by atoms with E-state index in [0.717, 1.165) is 12.8 Å². The van der Waals surface area contributed by atoms with Gasteiger partial charge >= 0.3 is 6.01 Å². The van der Waals surface area contributed by atoms with Crippen LogP contribution in [-0.4, -0.2) is 54.2 Å². The predicted octanol–water partition coefficient (Wildman–Crippen LogP) is 2.18. The van der Waals surface area contributed by atoms with Gasteiger partial charge < -0.3 is 19.1 Å². The number of ether oxygens (including phenoxy) is 3. The molecule has 7 nitrogen and oxygen atoms in total. The summed E-state index contributed by atoms with van der Waals surface area (Å²) < 4.78 is 16.2. The zero-order valence-corrected chi connectivity index (χ0v) is 14.3. The quantitative estimate of drug-likeness (QED) is 0.828.